The minimum absolute atomic E-state index is 0.0912. The third kappa shape index (κ3) is 3.69. The summed E-state index contributed by atoms with van der Waals surface area (Å²) in [5, 5.41) is 0. The van der Waals surface area contributed by atoms with E-state index in [1.807, 2.05) is 0 Å². The standard InChI is InChI=1S/C13H16N4O3S/c1-20-13-8-10(6-7-15-13)9-16-21(18,19)12-5-3-2-4-11(12)17-14/h2-8,16-17H,9,14H2,1H3. The van der Waals surface area contributed by atoms with Gasteiger partial charge in [0.1, 0.15) is 4.90 Å². The quantitative estimate of drug-likeness (QED) is 0.539. The summed E-state index contributed by atoms with van der Waals surface area (Å²) in [6.07, 6.45) is 1.55. The van der Waals surface area contributed by atoms with Gasteiger partial charge in [-0.25, -0.2) is 18.1 Å². The summed E-state index contributed by atoms with van der Waals surface area (Å²) in [6, 6.07) is 9.76. The molecule has 8 heteroatoms. The van der Waals surface area contributed by atoms with Crippen LogP contribution in [0.2, 0.25) is 0 Å². The number of para-hydroxylation sites is 1. The number of nitrogens with two attached hydrogens (primary N) is 1. The highest BCUT2D eigenvalue weighted by Gasteiger charge is 2.17. The van der Waals surface area contributed by atoms with Crippen LogP contribution in [0.15, 0.2) is 47.5 Å². The Balaban J connectivity index is 2.18. The summed E-state index contributed by atoms with van der Waals surface area (Å²) in [5.74, 6) is 5.75. The maximum Gasteiger partial charge on any atom is 0.242 e. The number of ether oxygens (including phenoxy) is 1. The van der Waals surface area contributed by atoms with Crippen molar-refractivity contribution in [3.63, 3.8) is 0 Å². The van der Waals surface area contributed by atoms with Gasteiger partial charge in [0.2, 0.25) is 15.9 Å². The number of benzene rings is 1. The van der Waals surface area contributed by atoms with Crippen molar-refractivity contribution in [3.05, 3.63) is 48.2 Å². The van der Waals surface area contributed by atoms with Crippen LogP contribution >= 0.6 is 0 Å². The van der Waals surface area contributed by atoms with Crippen LogP contribution in [0.4, 0.5) is 5.69 Å². The van der Waals surface area contributed by atoms with Gasteiger partial charge in [0.05, 0.1) is 12.8 Å². The SMILES string of the molecule is COc1cc(CNS(=O)(=O)c2ccccc2NN)ccn1. The molecule has 0 bridgehead atoms. The zero-order chi connectivity index (χ0) is 15.3. The van der Waals surface area contributed by atoms with E-state index in [0.717, 1.165) is 5.56 Å². The number of nitrogens with one attached hydrogen (secondary N) is 2. The summed E-state index contributed by atoms with van der Waals surface area (Å²) < 4.78 is 32.1. The average Bonchev–Trinajstić information content (AvgIpc) is 2.53. The molecular formula is C13H16N4O3S. The number of nitrogen functional groups attached to an aromatic ring is 1. The van der Waals surface area contributed by atoms with Gasteiger partial charge >= 0.3 is 0 Å². The monoisotopic (exact) mass is 308 g/mol. The minimum atomic E-state index is -3.67. The second-order valence-electron chi connectivity index (χ2n) is 4.17. The molecule has 7 nitrogen and oxygen atoms in total. The fourth-order valence-electron chi connectivity index (χ4n) is 1.75. The van der Waals surface area contributed by atoms with Gasteiger partial charge in [0.15, 0.2) is 0 Å². The Morgan fingerprint density at radius 2 is 2.05 bits per heavy atom. The maximum atomic E-state index is 12.3. The van der Waals surface area contributed by atoms with E-state index < -0.39 is 10.0 Å². The van der Waals surface area contributed by atoms with Crippen molar-refractivity contribution in [2.45, 2.75) is 11.4 Å². The fourth-order valence-corrected chi connectivity index (χ4v) is 2.93. The van der Waals surface area contributed by atoms with Gasteiger partial charge in [-0.1, -0.05) is 12.1 Å². The van der Waals surface area contributed by atoms with Crippen molar-refractivity contribution in [1.82, 2.24) is 9.71 Å². The predicted molar refractivity (Wildman–Crippen MR) is 79.1 cm³/mol. The van der Waals surface area contributed by atoms with E-state index in [1.54, 1.807) is 36.5 Å². The molecule has 0 radical (unpaired) electrons. The molecule has 2 aromatic rings. The number of pyridine rings is 1. The van der Waals surface area contributed by atoms with Crippen LogP contribution < -0.4 is 20.7 Å². The van der Waals surface area contributed by atoms with Gasteiger partial charge in [-0.05, 0) is 23.8 Å². The van der Waals surface area contributed by atoms with E-state index in [4.69, 9.17) is 10.6 Å². The molecule has 0 fully saturated rings. The number of hydrazine groups is 1. The number of anilines is 1. The summed E-state index contributed by atoms with van der Waals surface area (Å²) in [7, 11) is -2.18. The minimum Gasteiger partial charge on any atom is -0.481 e. The number of hydrogen-bond acceptors (Lipinski definition) is 6. The van der Waals surface area contributed by atoms with Gasteiger partial charge < -0.3 is 10.2 Å². The van der Waals surface area contributed by atoms with Crippen LogP contribution in [-0.4, -0.2) is 20.5 Å². The lowest BCUT2D eigenvalue weighted by Gasteiger charge is -2.11. The molecule has 0 aliphatic rings. The van der Waals surface area contributed by atoms with E-state index in [-0.39, 0.29) is 11.4 Å². The molecule has 0 amide bonds. The Bertz CT molecular complexity index is 719. The maximum absolute atomic E-state index is 12.3. The van der Waals surface area contributed by atoms with Crippen LogP contribution in [-0.2, 0) is 16.6 Å². The second kappa shape index (κ2) is 6.53. The van der Waals surface area contributed by atoms with Crippen molar-refractivity contribution in [2.75, 3.05) is 12.5 Å². The molecule has 1 heterocycles. The average molecular weight is 308 g/mol. The summed E-state index contributed by atoms with van der Waals surface area (Å²) in [6.45, 7) is 0.125. The van der Waals surface area contributed by atoms with Gasteiger partial charge in [0.25, 0.3) is 0 Å². The van der Waals surface area contributed by atoms with Crippen molar-refractivity contribution in [3.8, 4) is 5.88 Å². The first-order valence-corrected chi connectivity index (χ1v) is 7.59. The van der Waals surface area contributed by atoms with E-state index >= 15 is 0 Å². The van der Waals surface area contributed by atoms with E-state index in [0.29, 0.717) is 11.6 Å². The Kier molecular flexibility index (Phi) is 4.73. The third-order valence-corrected chi connectivity index (χ3v) is 4.27. The highest BCUT2D eigenvalue weighted by molar-refractivity contribution is 7.89. The molecule has 0 saturated carbocycles. The zero-order valence-corrected chi connectivity index (χ0v) is 12.2. The predicted octanol–water partition coefficient (Wildman–Crippen LogP) is 0.854. The number of nitrogens with zero attached hydrogens (tertiary/aromatic N) is 1. The molecule has 0 unspecified atom stereocenters. The summed E-state index contributed by atoms with van der Waals surface area (Å²) >= 11 is 0. The molecule has 0 aliphatic carbocycles. The first-order valence-electron chi connectivity index (χ1n) is 6.11. The molecule has 4 N–H and O–H groups in total. The molecule has 112 valence electrons. The highest BCUT2D eigenvalue weighted by atomic mass is 32.2. The van der Waals surface area contributed by atoms with E-state index in [1.165, 1.54) is 13.2 Å². The fraction of sp³-hybridized carbons (Fsp3) is 0.154. The molecule has 2 rings (SSSR count). The molecule has 0 saturated heterocycles. The van der Waals surface area contributed by atoms with Crippen LogP contribution in [0.25, 0.3) is 0 Å². The first-order chi connectivity index (χ1) is 10.1. The molecular weight excluding hydrogens is 292 g/mol. The van der Waals surface area contributed by atoms with Crippen molar-refractivity contribution in [1.29, 1.82) is 0 Å². The third-order valence-electron chi connectivity index (χ3n) is 2.81. The highest BCUT2D eigenvalue weighted by Crippen LogP contribution is 2.19. The van der Waals surface area contributed by atoms with E-state index in [2.05, 4.69) is 15.1 Å². The number of rotatable bonds is 6. The second-order valence-corrected chi connectivity index (χ2v) is 5.91. The number of hydrogen-bond donors (Lipinski definition) is 3. The number of aromatic nitrogens is 1. The lowest BCUT2D eigenvalue weighted by Crippen LogP contribution is -2.25. The van der Waals surface area contributed by atoms with Crippen molar-refractivity contribution >= 4 is 15.7 Å². The lowest BCUT2D eigenvalue weighted by atomic mass is 10.3. The lowest BCUT2D eigenvalue weighted by molar-refractivity contribution is 0.397. The Morgan fingerprint density at radius 3 is 2.76 bits per heavy atom. The first kappa shape index (κ1) is 15.2. The largest absolute Gasteiger partial charge is 0.481 e. The van der Waals surface area contributed by atoms with Gasteiger partial charge in [-0.15, -0.1) is 0 Å². The van der Waals surface area contributed by atoms with Gasteiger partial charge in [-0.3, -0.25) is 5.84 Å². The van der Waals surface area contributed by atoms with Gasteiger partial charge in [0, 0.05) is 18.8 Å². The van der Waals surface area contributed by atoms with E-state index in [9.17, 15) is 8.42 Å². The summed E-state index contributed by atoms with van der Waals surface area (Å²) in [4.78, 5) is 4.05. The van der Waals surface area contributed by atoms with Gasteiger partial charge in [-0.2, -0.15) is 0 Å². The Labute approximate surface area is 123 Å². The van der Waals surface area contributed by atoms with Crippen molar-refractivity contribution < 1.29 is 13.2 Å². The van der Waals surface area contributed by atoms with Crippen LogP contribution in [0.1, 0.15) is 5.56 Å². The topological polar surface area (TPSA) is 106 Å². The number of methoxy groups -OCH3 is 1. The van der Waals surface area contributed by atoms with Crippen LogP contribution in [0.5, 0.6) is 5.88 Å². The summed E-state index contributed by atoms with van der Waals surface area (Å²) in [5.41, 5.74) is 3.44. The molecule has 0 aliphatic heterocycles. The van der Waals surface area contributed by atoms with Crippen LogP contribution in [0.3, 0.4) is 0 Å². The zero-order valence-electron chi connectivity index (χ0n) is 11.4. The smallest absolute Gasteiger partial charge is 0.242 e. The molecule has 0 spiro atoms. The molecule has 0 atom stereocenters. The van der Waals surface area contributed by atoms with Crippen molar-refractivity contribution in [2.24, 2.45) is 5.84 Å². The normalized spacial score (nSPS) is 11.1. The molecule has 21 heavy (non-hydrogen) atoms. The molecule has 1 aromatic heterocycles. The Hall–Kier alpha value is -2.16. The Morgan fingerprint density at radius 1 is 1.29 bits per heavy atom. The van der Waals surface area contributed by atoms with Crippen LogP contribution in [0, 0.1) is 0 Å². The number of sulfonamides is 1. The molecule has 1 aromatic carbocycles.